The van der Waals surface area contributed by atoms with Gasteiger partial charge in [-0.05, 0) is 84.0 Å². The maximum absolute atomic E-state index is 6.63. The molecule has 3 atom stereocenters. The summed E-state index contributed by atoms with van der Waals surface area (Å²) in [7, 11) is 0. The van der Waals surface area contributed by atoms with Crippen LogP contribution in [0.25, 0.3) is 0 Å². The summed E-state index contributed by atoms with van der Waals surface area (Å²) in [6.07, 6.45) is 7.57. The lowest BCUT2D eigenvalue weighted by Gasteiger charge is -2.37. The van der Waals surface area contributed by atoms with Crippen molar-refractivity contribution in [2.45, 2.75) is 31.9 Å². The average molecular weight is 570 g/mol. The molecular weight excluding hydrogens is 539 g/mol. The van der Waals surface area contributed by atoms with Crippen LogP contribution in [0.4, 0.5) is 11.4 Å². The maximum Gasteiger partial charge on any atom is 0.180 e. The van der Waals surface area contributed by atoms with Gasteiger partial charge in [0.2, 0.25) is 0 Å². The van der Waals surface area contributed by atoms with Gasteiger partial charge in [0.1, 0.15) is 6.61 Å². The Kier molecular flexibility index (Phi) is 7.81. The van der Waals surface area contributed by atoms with Gasteiger partial charge in [-0.1, -0.05) is 77.8 Å². The van der Waals surface area contributed by atoms with Gasteiger partial charge in [-0.25, -0.2) is 0 Å². The molecule has 4 aromatic rings. The fourth-order valence-corrected chi connectivity index (χ4v) is 5.99. The van der Waals surface area contributed by atoms with E-state index in [-0.39, 0.29) is 6.04 Å². The molecule has 0 amide bonds. The summed E-state index contributed by atoms with van der Waals surface area (Å²) in [6.45, 7) is 2.78. The number of aliphatic imine (C=N–C) groups is 1. The molecule has 0 spiro atoms. The van der Waals surface area contributed by atoms with Gasteiger partial charge in [-0.2, -0.15) is 0 Å². The highest BCUT2D eigenvalue weighted by Gasteiger charge is 2.37. The van der Waals surface area contributed by atoms with Gasteiger partial charge in [0.25, 0.3) is 0 Å². The summed E-state index contributed by atoms with van der Waals surface area (Å²) in [5, 5.41) is 4.95. The molecule has 0 saturated heterocycles. The standard InChI is InChI=1S/C34H30Cl2N2O2/c1-2-39-32-19-23(18-30(36)34(32)40-21-22-10-14-25(35)15-11-22)20-37-26-16-12-24(13-17-26)33-29-8-5-7-27(29)28-6-3-4-9-31(28)38-33/h3-7,9-20,27,29,33,38H,2,8,21H2,1H3/t27-,29-,33+/m1/s1. The summed E-state index contributed by atoms with van der Waals surface area (Å²) in [5.41, 5.74) is 6.59. The number of nitrogens with one attached hydrogen (secondary N) is 1. The average Bonchev–Trinajstić information content (AvgIpc) is 3.47. The van der Waals surface area contributed by atoms with Gasteiger partial charge in [0.15, 0.2) is 11.5 Å². The highest BCUT2D eigenvalue weighted by molar-refractivity contribution is 6.32. The summed E-state index contributed by atoms with van der Waals surface area (Å²) >= 11 is 12.6. The van der Waals surface area contributed by atoms with E-state index in [1.807, 2.05) is 43.3 Å². The first-order valence-electron chi connectivity index (χ1n) is 13.6. The van der Waals surface area contributed by atoms with Crippen LogP contribution in [0.15, 0.2) is 102 Å². The molecule has 1 heterocycles. The van der Waals surface area contributed by atoms with E-state index in [0.29, 0.717) is 46.6 Å². The Morgan fingerprint density at radius 3 is 2.55 bits per heavy atom. The third kappa shape index (κ3) is 5.60. The fraction of sp³-hybridized carbons (Fsp3) is 0.206. The highest BCUT2D eigenvalue weighted by Crippen LogP contribution is 2.49. The lowest BCUT2D eigenvalue weighted by Crippen LogP contribution is -2.28. The number of para-hydroxylation sites is 1. The number of hydrogen-bond donors (Lipinski definition) is 1. The summed E-state index contributed by atoms with van der Waals surface area (Å²) in [6, 6.07) is 28.7. The molecule has 0 saturated carbocycles. The van der Waals surface area contributed by atoms with E-state index >= 15 is 0 Å². The normalized spacial score (nSPS) is 19.2. The summed E-state index contributed by atoms with van der Waals surface area (Å²) < 4.78 is 11.9. The van der Waals surface area contributed by atoms with E-state index in [2.05, 4.69) is 66.0 Å². The smallest absolute Gasteiger partial charge is 0.180 e. The second-order valence-electron chi connectivity index (χ2n) is 10.1. The van der Waals surface area contributed by atoms with Crippen molar-refractivity contribution in [3.63, 3.8) is 0 Å². The lowest BCUT2D eigenvalue weighted by molar-refractivity contribution is 0.269. The van der Waals surface area contributed by atoms with Gasteiger partial charge in [0, 0.05) is 22.8 Å². The Hall–Kier alpha value is -3.73. The van der Waals surface area contributed by atoms with Crippen molar-refractivity contribution in [2.75, 3.05) is 11.9 Å². The van der Waals surface area contributed by atoms with E-state index in [0.717, 1.165) is 23.2 Å². The predicted octanol–water partition coefficient (Wildman–Crippen LogP) is 9.55. The molecule has 1 N–H and O–H groups in total. The van der Waals surface area contributed by atoms with Crippen molar-refractivity contribution in [1.29, 1.82) is 0 Å². The molecule has 40 heavy (non-hydrogen) atoms. The number of benzene rings is 4. The summed E-state index contributed by atoms with van der Waals surface area (Å²) in [5.74, 6) is 2.08. The number of fused-ring (bicyclic) bond motifs is 3. The predicted molar refractivity (Wildman–Crippen MR) is 165 cm³/mol. The minimum atomic E-state index is 0.265. The molecule has 6 heteroatoms. The molecule has 0 bridgehead atoms. The van der Waals surface area contributed by atoms with Crippen LogP contribution in [0.5, 0.6) is 11.5 Å². The van der Waals surface area contributed by atoms with Crippen molar-refractivity contribution in [3.8, 4) is 11.5 Å². The number of rotatable bonds is 8. The van der Waals surface area contributed by atoms with E-state index in [4.69, 9.17) is 37.7 Å². The molecule has 1 aliphatic carbocycles. The van der Waals surface area contributed by atoms with Crippen molar-refractivity contribution >= 4 is 40.8 Å². The summed E-state index contributed by atoms with van der Waals surface area (Å²) in [4.78, 5) is 4.71. The highest BCUT2D eigenvalue weighted by atomic mass is 35.5. The van der Waals surface area contributed by atoms with Gasteiger partial charge >= 0.3 is 0 Å². The van der Waals surface area contributed by atoms with Gasteiger partial charge in [0.05, 0.1) is 23.4 Å². The first kappa shape index (κ1) is 26.5. The second kappa shape index (κ2) is 11.8. The maximum atomic E-state index is 6.63. The molecular formula is C34H30Cl2N2O2. The molecule has 0 radical (unpaired) electrons. The SMILES string of the molecule is CCOc1cc(C=Nc2ccc([C@@H]3Nc4ccccc4[C@H]4C=CC[C@H]43)cc2)cc(Cl)c1OCc1ccc(Cl)cc1. The Morgan fingerprint density at radius 2 is 1.75 bits per heavy atom. The molecule has 0 fully saturated rings. The zero-order valence-electron chi connectivity index (χ0n) is 22.2. The first-order chi connectivity index (χ1) is 19.6. The van der Waals surface area contributed by atoms with Crippen LogP contribution in [0.1, 0.15) is 47.6 Å². The van der Waals surface area contributed by atoms with Crippen LogP contribution in [0.3, 0.4) is 0 Å². The lowest BCUT2D eigenvalue weighted by atomic mass is 9.77. The second-order valence-corrected chi connectivity index (χ2v) is 10.9. The van der Waals surface area contributed by atoms with Crippen LogP contribution >= 0.6 is 23.2 Å². The molecule has 1 aliphatic heterocycles. The van der Waals surface area contributed by atoms with Crippen molar-refractivity contribution in [3.05, 3.63) is 129 Å². The van der Waals surface area contributed by atoms with E-state index in [9.17, 15) is 0 Å². The Labute approximate surface area is 245 Å². The minimum absolute atomic E-state index is 0.265. The van der Waals surface area contributed by atoms with E-state index < -0.39 is 0 Å². The van der Waals surface area contributed by atoms with Gasteiger partial charge in [-0.15, -0.1) is 0 Å². The zero-order chi connectivity index (χ0) is 27.5. The molecule has 4 nitrogen and oxygen atoms in total. The molecule has 0 aromatic heterocycles. The third-order valence-corrected chi connectivity index (χ3v) is 8.05. The van der Waals surface area contributed by atoms with Crippen molar-refractivity contribution in [2.24, 2.45) is 10.9 Å². The van der Waals surface area contributed by atoms with Crippen LogP contribution in [-0.4, -0.2) is 12.8 Å². The minimum Gasteiger partial charge on any atom is -0.490 e. The molecule has 202 valence electrons. The number of ether oxygens (including phenoxy) is 2. The zero-order valence-corrected chi connectivity index (χ0v) is 23.7. The molecule has 4 aromatic carbocycles. The van der Waals surface area contributed by atoms with E-state index in [1.165, 1.54) is 16.8 Å². The van der Waals surface area contributed by atoms with Gasteiger partial charge < -0.3 is 14.8 Å². The Morgan fingerprint density at radius 1 is 0.950 bits per heavy atom. The monoisotopic (exact) mass is 568 g/mol. The first-order valence-corrected chi connectivity index (χ1v) is 14.3. The molecule has 6 rings (SSSR count). The topological polar surface area (TPSA) is 42.8 Å². The number of anilines is 1. The largest absolute Gasteiger partial charge is 0.490 e. The number of nitrogens with zero attached hydrogens (tertiary/aromatic N) is 1. The van der Waals surface area contributed by atoms with Crippen LogP contribution in [0.2, 0.25) is 10.0 Å². The third-order valence-electron chi connectivity index (χ3n) is 7.52. The van der Waals surface area contributed by atoms with Crippen molar-refractivity contribution < 1.29 is 9.47 Å². The van der Waals surface area contributed by atoms with E-state index in [1.54, 1.807) is 6.21 Å². The Balaban J connectivity index is 1.17. The van der Waals surface area contributed by atoms with Crippen LogP contribution in [0, 0.1) is 5.92 Å². The number of allylic oxidation sites excluding steroid dienone is 2. The molecule has 2 aliphatic rings. The quantitative estimate of drug-likeness (QED) is 0.170. The Bertz CT molecular complexity index is 1550. The van der Waals surface area contributed by atoms with Crippen molar-refractivity contribution in [1.82, 2.24) is 0 Å². The molecule has 0 unspecified atom stereocenters. The van der Waals surface area contributed by atoms with Crippen LogP contribution in [-0.2, 0) is 6.61 Å². The number of hydrogen-bond acceptors (Lipinski definition) is 4. The van der Waals surface area contributed by atoms with Crippen LogP contribution < -0.4 is 14.8 Å². The fourth-order valence-electron chi connectivity index (χ4n) is 5.59. The van der Waals surface area contributed by atoms with Gasteiger partial charge in [-0.3, -0.25) is 4.99 Å². The number of halogens is 2.